The van der Waals surface area contributed by atoms with Crippen LogP contribution in [0, 0.1) is 37.5 Å². The maximum Gasteiger partial charge on any atom is 0.241 e. The largest absolute Gasteiger partial charge is 0.241 e. The molecule has 1 aromatic rings. The first-order chi connectivity index (χ1) is 11.4. The molecule has 1 aromatic carbocycles. The number of benzene rings is 1. The Labute approximate surface area is 152 Å². The van der Waals surface area contributed by atoms with Gasteiger partial charge in [0.1, 0.15) is 0 Å². The summed E-state index contributed by atoms with van der Waals surface area (Å²) in [6.45, 7) is 10.6. The molecule has 0 radical (unpaired) electrons. The van der Waals surface area contributed by atoms with Crippen molar-refractivity contribution in [3.05, 3.63) is 28.8 Å². The van der Waals surface area contributed by atoms with E-state index in [2.05, 4.69) is 18.6 Å². The lowest BCUT2D eigenvalue weighted by Gasteiger charge is -2.65. The van der Waals surface area contributed by atoms with Crippen LogP contribution in [0.4, 0.5) is 0 Å². The van der Waals surface area contributed by atoms with Gasteiger partial charge < -0.3 is 0 Å². The zero-order chi connectivity index (χ0) is 18.3. The zero-order valence-corrected chi connectivity index (χ0v) is 17.0. The van der Waals surface area contributed by atoms with Gasteiger partial charge >= 0.3 is 0 Å². The van der Waals surface area contributed by atoms with E-state index in [0.717, 1.165) is 36.0 Å². The summed E-state index contributed by atoms with van der Waals surface area (Å²) in [7, 11) is -3.50. The molecular formula is C21H31NO2S. The fraction of sp³-hybridized carbons (Fsp3) is 0.714. The van der Waals surface area contributed by atoms with Gasteiger partial charge in [0.2, 0.25) is 10.0 Å². The van der Waals surface area contributed by atoms with E-state index >= 15 is 0 Å². The summed E-state index contributed by atoms with van der Waals surface area (Å²) in [4.78, 5) is 0.490. The van der Waals surface area contributed by atoms with Gasteiger partial charge in [0, 0.05) is 5.54 Å². The van der Waals surface area contributed by atoms with Crippen molar-refractivity contribution < 1.29 is 8.42 Å². The molecule has 138 valence electrons. The van der Waals surface area contributed by atoms with E-state index in [0.29, 0.717) is 21.6 Å². The van der Waals surface area contributed by atoms with Crippen molar-refractivity contribution in [3.63, 3.8) is 0 Å². The van der Waals surface area contributed by atoms with Crippen molar-refractivity contribution in [1.29, 1.82) is 0 Å². The van der Waals surface area contributed by atoms with Crippen molar-refractivity contribution in [3.8, 4) is 0 Å². The third kappa shape index (κ3) is 2.86. The van der Waals surface area contributed by atoms with Crippen molar-refractivity contribution in [1.82, 2.24) is 4.72 Å². The number of hydrogen-bond acceptors (Lipinski definition) is 2. The van der Waals surface area contributed by atoms with E-state index < -0.39 is 10.0 Å². The van der Waals surface area contributed by atoms with E-state index in [4.69, 9.17) is 0 Å². The first-order valence-corrected chi connectivity index (χ1v) is 11.0. The van der Waals surface area contributed by atoms with Gasteiger partial charge in [-0.1, -0.05) is 31.5 Å². The quantitative estimate of drug-likeness (QED) is 0.852. The average Bonchev–Trinajstić information content (AvgIpc) is 2.29. The van der Waals surface area contributed by atoms with Crippen LogP contribution >= 0.6 is 0 Å². The van der Waals surface area contributed by atoms with Crippen LogP contribution in [0.2, 0.25) is 0 Å². The van der Waals surface area contributed by atoms with E-state index in [9.17, 15) is 8.42 Å². The first kappa shape index (κ1) is 17.5. The molecule has 0 spiro atoms. The summed E-state index contributed by atoms with van der Waals surface area (Å²) in [5, 5.41) is 0. The van der Waals surface area contributed by atoms with Gasteiger partial charge in [-0.25, -0.2) is 13.1 Å². The molecule has 0 aliphatic heterocycles. The highest BCUT2D eigenvalue weighted by atomic mass is 32.2. The fourth-order valence-electron chi connectivity index (χ4n) is 7.49. The van der Waals surface area contributed by atoms with Crippen LogP contribution in [0.5, 0.6) is 0 Å². The van der Waals surface area contributed by atoms with Crippen molar-refractivity contribution in [2.45, 2.75) is 83.6 Å². The normalized spacial score (nSPS) is 39.8. The Morgan fingerprint density at radius 1 is 0.920 bits per heavy atom. The van der Waals surface area contributed by atoms with Crippen LogP contribution < -0.4 is 4.72 Å². The molecule has 0 saturated heterocycles. The minimum atomic E-state index is -3.50. The number of rotatable bonds is 3. The first-order valence-electron chi connectivity index (χ1n) is 9.55. The van der Waals surface area contributed by atoms with Crippen molar-refractivity contribution >= 4 is 10.0 Å². The maximum absolute atomic E-state index is 13.4. The molecule has 4 fully saturated rings. The molecule has 4 bridgehead atoms. The third-order valence-corrected chi connectivity index (χ3v) is 8.73. The van der Waals surface area contributed by atoms with Gasteiger partial charge in [-0.05, 0) is 87.2 Å². The summed E-state index contributed by atoms with van der Waals surface area (Å²) < 4.78 is 30.0. The van der Waals surface area contributed by atoms with Crippen molar-refractivity contribution in [2.75, 3.05) is 0 Å². The van der Waals surface area contributed by atoms with Crippen LogP contribution in [-0.2, 0) is 10.0 Å². The molecule has 4 atom stereocenters. The topological polar surface area (TPSA) is 46.2 Å². The molecular weight excluding hydrogens is 330 g/mol. The maximum atomic E-state index is 13.4. The minimum Gasteiger partial charge on any atom is -0.207 e. The molecule has 4 aliphatic rings. The molecule has 25 heavy (non-hydrogen) atoms. The van der Waals surface area contributed by atoms with Crippen LogP contribution in [0.15, 0.2) is 17.0 Å². The lowest BCUT2D eigenvalue weighted by atomic mass is 9.43. The summed E-state index contributed by atoms with van der Waals surface area (Å²) >= 11 is 0. The summed E-state index contributed by atoms with van der Waals surface area (Å²) in [6.07, 6.45) is 6.80. The third-order valence-electron chi connectivity index (χ3n) is 6.85. The van der Waals surface area contributed by atoms with Gasteiger partial charge in [0.25, 0.3) is 0 Å². The Hall–Kier alpha value is -0.870. The lowest BCUT2D eigenvalue weighted by Crippen LogP contribution is -2.65. The lowest BCUT2D eigenvalue weighted by molar-refractivity contribution is -0.110. The fourth-order valence-corrected chi connectivity index (χ4v) is 9.35. The molecule has 4 aliphatic carbocycles. The van der Waals surface area contributed by atoms with Gasteiger partial charge in [-0.3, -0.25) is 0 Å². The molecule has 1 N–H and O–H groups in total. The molecule has 4 heteroatoms. The van der Waals surface area contributed by atoms with Crippen LogP contribution in [0.1, 0.15) is 69.1 Å². The summed E-state index contributed by atoms with van der Waals surface area (Å²) in [5.41, 5.74) is 3.18. The highest BCUT2D eigenvalue weighted by Crippen LogP contribution is 2.66. The Bertz CT molecular complexity index is 800. The Balaban J connectivity index is 1.73. The Morgan fingerprint density at radius 3 is 1.92 bits per heavy atom. The molecule has 0 heterocycles. The second-order valence-electron chi connectivity index (χ2n) is 10.2. The Morgan fingerprint density at radius 2 is 1.44 bits per heavy atom. The molecule has 0 amide bonds. The number of sulfonamides is 1. The summed E-state index contributed by atoms with van der Waals surface area (Å²) in [6, 6.07) is 3.95. The predicted octanol–water partition coefficient (Wildman–Crippen LogP) is 4.64. The SMILES string of the molecule is Cc1cc(C)c(S(=O)(=O)NC23CC4C[C@@](C)(C2)C[C@](C)(C4)C3)c(C)c1. The standard InChI is InChI=1S/C21H31NO2S/c1-14-6-15(2)18(16(3)7-14)25(23,24)22-21-10-17-8-19(4,12-21)11-20(5,9-17)13-21/h6-7,17,22H,8-13H2,1-5H3/t17?,19-,20+,21?. The van der Waals surface area contributed by atoms with Crippen LogP contribution in [0.3, 0.4) is 0 Å². The molecule has 3 nitrogen and oxygen atoms in total. The molecule has 5 rings (SSSR count). The smallest absolute Gasteiger partial charge is 0.207 e. The van der Waals surface area contributed by atoms with Gasteiger partial charge in [-0.15, -0.1) is 0 Å². The second-order valence-corrected chi connectivity index (χ2v) is 11.9. The minimum absolute atomic E-state index is 0.245. The predicted molar refractivity (Wildman–Crippen MR) is 101 cm³/mol. The monoisotopic (exact) mass is 361 g/mol. The average molecular weight is 362 g/mol. The highest BCUT2D eigenvalue weighted by molar-refractivity contribution is 7.89. The van der Waals surface area contributed by atoms with Crippen LogP contribution in [-0.4, -0.2) is 14.0 Å². The van der Waals surface area contributed by atoms with Gasteiger partial charge in [0.05, 0.1) is 4.90 Å². The molecule has 4 saturated carbocycles. The Kier molecular flexibility index (Phi) is 3.58. The second kappa shape index (κ2) is 5.10. The van der Waals surface area contributed by atoms with E-state index in [-0.39, 0.29) is 5.54 Å². The van der Waals surface area contributed by atoms with Crippen molar-refractivity contribution in [2.24, 2.45) is 16.7 Å². The molecule has 0 aromatic heterocycles. The summed E-state index contributed by atoms with van der Waals surface area (Å²) in [5.74, 6) is 0.675. The van der Waals surface area contributed by atoms with Gasteiger partial charge in [-0.2, -0.15) is 0 Å². The van der Waals surface area contributed by atoms with Gasteiger partial charge in [0.15, 0.2) is 0 Å². The molecule has 2 unspecified atom stereocenters. The zero-order valence-electron chi connectivity index (χ0n) is 16.2. The van der Waals surface area contributed by atoms with E-state index in [1.165, 1.54) is 19.3 Å². The number of aryl methyl sites for hydroxylation is 3. The number of hydrogen-bond donors (Lipinski definition) is 1. The highest BCUT2D eigenvalue weighted by Gasteiger charge is 2.61. The number of nitrogens with one attached hydrogen (secondary N) is 1. The van der Waals surface area contributed by atoms with E-state index in [1.54, 1.807) is 0 Å². The van der Waals surface area contributed by atoms with E-state index in [1.807, 2.05) is 32.9 Å². The van der Waals surface area contributed by atoms with Crippen LogP contribution in [0.25, 0.3) is 0 Å².